The van der Waals surface area contributed by atoms with Gasteiger partial charge in [0.15, 0.2) is 0 Å². The zero-order chi connectivity index (χ0) is 14.1. The maximum Gasteiger partial charge on any atom is 0.103 e. The summed E-state index contributed by atoms with van der Waals surface area (Å²) in [5, 5.41) is 9.16. The number of rotatable bonds is 3. The van der Waals surface area contributed by atoms with E-state index in [0.717, 1.165) is 42.1 Å². The van der Waals surface area contributed by atoms with Crippen LogP contribution in [0, 0.1) is 6.92 Å². The van der Waals surface area contributed by atoms with Crippen LogP contribution >= 0.6 is 11.6 Å². The SMILES string of the molecule is Cc1cc(Cl)ccc1-n1nnc(CN)c1C1CCCO1. The molecule has 0 amide bonds. The molecule has 0 spiro atoms. The van der Waals surface area contributed by atoms with Gasteiger partial charge in [0.1, 0.15) is 11.8 Å². The standard InChI is InChI=1S/C14H17ClN4O/c1-9-7-10(15)4-5-12(9)19-14(11(8-16)17-18-19)13-3-2-6-20-13/h4-5,7,13H,2-3,6,8,16H2,1H3. The van der Waals surface area contributed by atoms with Crippen LogP contribution in [0.15, 0.2) is 18.2 Å². The highest BCUT2D eigenvalue weighted by atomic mass is 35.5. The number of hydrogen-bond donors (Lipinski definition) is 1. The predicted octanol–water partition coefficient (Wildman–Crippen LogP) is 2.54. The Morgan fingerprint density at radius 1 is 1.50 bits per heavy atom. The largest absolute Gasteiger partial charge is 0.372 e. The summed E-state index contributed by atoms with van der Waals surface area (Å²) in [5.41, 5.74) is 9.56. The number of aryl methyl sites for hydroxylation is 1. The lowest BCUT2D eigenvalue weighted by atomic mass is 10.1. The van der Waals surface area contributed by atoms with Gasteiger partial charge in [-0.2, -0.15) is 0 Å². The lowest BCUT2D eigenvalue weighted by molar-refractivity contribution is 0.106. The van der Waals surface area contributed by atoms with Crippen molar-refractivity contribution in [1.29, 1.82) is 0 Å². The van der Waals surface area contributed by atoms with Crippen LogP contribution < -0.4 is 5.73 Å². The molecule has 2 N–H and O–H groups in total. The van der Waals surface area contributed by atoms with E-state index in [0.29, 0.717) is 11.6 Å². The fraction of sp³-hybridized carbons (Fsp3) is 0.429. The zero-order valence-electron chi connectivity index (χ0n) is 11.3. The minimum atomic E-state index is 0.0265. The molecule has 1 atom stereocenters. The third-order valence-electron chi connectivity index (χ3n) is 3.59. The molecule has 5 nitrogen and oxygen atoms in total. The van der Waals surface area contributed by atoms with Gasteiger partial charge in [0.05, 0.1) is 11.4 Å². The first-order chi connectivity index (χ1) is 9.70. The van der Waals surface area contributed by atoms with E-state index in [9.17, 15) is 0 Å². The van der Waals surface area contributed by atoms with Crippen LogP contribution in [0.1, 0.15) is 35.9 Å². The molecule has 1 saturated heterocycles. The maximum atomic E-state index is 6.01. The van der Waals surface area contributed by atoms with Crippen LogP contribution in [0.2, 0.25) is 5.02 Å². The second kappa shape index (κ2) is 5.52. The molecule has 0 aliphatic carbocycles. The molecule has 3 rings (SSSR count). The Bertz CT molecular complexity index is 620. The van der Waals surface area contributed by atoms with Crippen molar-refractivity contribution in [1.82, 2.24) is 15.0 Å². The zero-order valence-corrected chi connectivity index (χ0v) is 12.1. The molecule has 20 heavy (non-hydrogen) atoms. The molecular weight excluding hydrogens is 276 g/mol. The van der Waals surface area contributed by atoms with Crippen LogP contribution in [-0.2, 0) is 11.3 Å². The average Bonchev–Trinajstić information content (AvgIpc) is 3.06. The van der Waals surface area contributed by atoms with E-state index in [1.54, 1.807) is 0 Å². The number of ether oxygens (including phenoxy) is 1. The predicted molar refractivity (Wildman–Crippen MR) is 76.9 cm³/mol. The van der Waals surface area contributed by atoms with E-state index >= 15 is 0 Å². The van der Waals surface area contributed by atoms with Crippen molar-refractivity contribution in [2.75, 3.05) is 6.61 Å². The fourth-order valence-corrected chi connectivity index (χ4v) is 2.84. The molecule has 0 saturated carbocycles. The second-order valence-corrected chi connectivity index (χ2v) is 5.41. The van der Waals surface area contributed by atoms with Gasteiger partial charge >= 0.3 is 0 Å². The lowest BCUT2D eigenvalue weighted by Gasteiger charge is -2.15. The number of halogens is 1. The molecule has 1 aromatic carbocycles. The van der Waals surface area contributed by atoms with Gasteiger partial charge in [0.2, 0.25) is 0 Å². The first kappa shape index (κ1) is 13.5. The van der Waals surface area contributed by atoms with Gasteiger partial charge in [-0.1, -0.05) is 16.8 Å². The molecule has 106 valence electrons. The molecule has 2 heterocycles. The van der Waals surface area contributed by atoms with Crippen molar-refractivity contribution in [3.63, 3.8) is 0 Å². The van der Waals surface area contributed by atoms with E-state index in [1.165, 1.54) is 0 Å². The summed E-state index contributed by atoms with van der Waals surface area (Å²) >= 11 is 6.01. The Kier molecular flexibility index (Phi) is 3.74. The Balaban J connectivity index is 2.11. The van der Waals surface area contributed by atoms with Crippen LogP contribution in [0.4, 0.5) is 0 Å². The number of aromatic nitrogens is 3. The Morgan fingerprint density at radius 3 is 3.00 bits per heavy atom. The first-order valence-electron chi connectivity index (χ1n) is 6.73. The van der Waals surface area contributed by atoms with E-state index in [4.69, 9.17) is 22.1 Å². The van der Waals surface area contributed by atoms with Crippen molar-refractivity contribution in [3.8, 4) is 5.69 Å². The number of nitrogens with two attached hydrogens (primary N) is 1. The van der Waals surface area contributed by atoms with Crippen molar-refractivity contribution in [3.05, 3.63) is 40.2 Å². The molecule has 1 fully saturated rings. The topological polar surface area (TPSA) is 66.0 Å². The third-order valence-corrected chi connectivity index (χ3v) is 3.83. The Morgan fingerprint density at radius 2 is 2.35 bits per heavy atom. The molecule has 1 aromatic heterocycles. The molecule has 6 heteroatoms. The normalized spacial score (nSPS) is 18.6. The Labute approximate surface area is 122 Å². The van der Waals surface area contributed by atoms with Crippen LogP contribution in [0.25, 0.3) is 5.69 Å². The van der Waals surface area contributed by atoms with Gasteiger partial charge in [-0.25, -0.2) is 4.68 Å². The summed E-state index contributed by atoms with van der Waals surface area (Å²) < 4.78 is 7.62. The third kappa shape index (κ3) is 2.32. The van der Waals surface area contributed by atoms with Crippen LogP contribution in [0.5, 0.6) is 0 Å². The monoisotopic (exact) mass is 292 g/mol. The summed E-state index contributed by atoms with van der Waals surface area (Å²) in [4.78, 5) is 0. The van der Waals surface area contributed by atoms with Crippen molar-refractivity contribution in [2.24, 2.45) is 5.73 Å². The average molecular weight is 293 g/mol. The minimum Gasteiger partial charge on any atom is -0.372 e. The van der Waals surface area contributed by atoms with E-state index < -0.39 is 0 Å². The fourth-order valence-electron chi connectivity index (χ4n) is 2.62. The van der Waals surface area contributed by atoms with E-state index in [2.05, 4.69) is 10.3 Å². The molecule has 2 aromatic rings. The van der Waals surface area contributed by atoms with Gasteiger partial charge in [-0.15, -0.1) is 5.10 Å². The van der Waals surface area contributed by atoms with Crippen molar-refractivity contribution < 1.29 is 4.74 Å². The highest BCUT2D eigenvalue weighted by Crippen LogP contribution is 2.32. The lowest BCUT2D eigenvalue weighted by Crippen LogP contribution is -2.11. The maximum absolute atomic E-state index is 6.01. The van der Waals surface area contributed by atoms with Crippen molar-refractivity contribution >= 4 is 11.6 Å². The highest BCUT2D eigenvalue weighted by molar-refractivity contribution is 6.30. The van der Waals surface area contributed by atoms with Gasteiger partial charge in [-0.05, 0) is 43.5 Å². The van der Waals surface area contributed by atoms with E-state index in [1.807, 2.05) is 29.8 Å². The Hall–Kier alpha value is -1.43. The van der Waals surface area contributed by atoms with Gasteiger partial charge in [-0.3, -0.25) is 0 Å². The summed E-state index contributed by atoms with van der Waals surface area (Å²) in [6.07, 6.45) is 2.06. The summed E-state index contributed by atoms with van der Waals surface area (Å²) in [6, 6.07) is 5.72. The minimum absolute atomic E-state index is 0.0265. The summed E-state index contributed by atoms with van der Waals surface area (Å²) in [6.45, 7) is 3.14. The van der Waals surface area contributed by atoms with Crippen molar-refractivity contribution in [2.45, 2.75) is 32.4 Å². The molecule has 1 unspecified atom stereocenters. The quantitative estimate of drug-likeness (QED) is 0.944. The van der Waals surface area contributed by atoms with Crippen LogP contribution in [0.3, 0.4) is 0 Å². The second-order valence-electron chi connectivity index (χ2n) is 4.97. The summed E-state index contributed by atoms with van der Waals surface area (Å²) in [7, 11) is 0. The van der Waals surface area contributed by atoms with Crippen LogP contribution in [-0.4, -0.2) is 21.6 Å². The van der Waals surface area contributed by atoms with Gasteiger partial charge in [0, 0.05) is 18.2 Å². The molecule has 0 bridgehead atoms. The van der Waals surface area contributed by atoms with Gasteiger partial charge in [0.25, 0.3) is 0 Å². The smallest absolute Gasteiger partial charge is 0.103 e. The number of hydrogen-bond acceptors (Lipinski definition) is 4. The molecule has 1 aliphatic heterocycles. The number of benzene rings is 1. The molecular formula is C14H17ClN4O. The van der Waals surface area contributed by atoms with Gasteiger partial charge < -0.3 is 10.5 Å². The highest BCUT2D eigenvalue weighted by Gasteiger charge is 2.27. The van der Waals surface area contributed by atoms with E-state index in [-0.39, 0.29) is 6.10 Å². The molecule has 0 radical (unpaired) electrons. The summed E-state index contributed by atoms with van der Waals surface area (Å²) in [5.74, 6) is 0. The molecule has 1 aliphatic rings. The first-order valence-corrected chi connectivity index (χ1v) is 7.11. The number of nitrogens with zero attached hydrogens (tertiary/aromatic N) is 3.